The Bertz CT molecular complexity index is 619. The molecule has 25 heavy (non-hydrogen) atoms. The number of hydrogen-bond acceptors (Lipinski definition) is 9. The molecule has 0 fully saturated rings. The second-order valence-corrected chi connectivity index (χ2v) is 5.18. The molecule has 1 rings (SSSR count). The summed E-state index contributed by atoms with van der Waals surface area (Å²) in [4.78, 5) is 37.9. The number of amides is 3. The zero-order chi connectivity index (χ0) is 19.1. The monoisotopic (exact) mass is 360 g/mol. The number of rotatable bonds is 9. The molecule has 0 saturated heterocycles. The highest BCUT2D eigenvalue weighted by molar-refractivity contribution is 5.83. The number of carbonyl (C=O) groups is 3. The largest absolute Gasteiger partial charge is 0.480 e. The molecule has 1 aromatic heterocycles. The Balaban J connectivity index is 2.89. The third-order valence-corrected chi connectivity index (χ3v) is 3.03. The van der Waals surface area contributed by atoms with Gasteiger partial charge < -0.3 is 41.9 Å². The second kappa shape index (κ2) is 8.91. The van der Waals surface area contributed by atoms with Crippen molar-refractivity contribution in [1.82, 2.24) is 20.8 Å². The molecule has 140 valence electrons. The summed E-state index contributed by atoms with van der Waals surface area (Å²) < 4.78 is 4.88. The summed E-state index contributed by atoms with van der Waals surface area (Å²) in [5.74, 6) is -2.52. The van der Waals surface area contributed by atoms with Crippen molar-refractivity contribution in [2.45, 2.75) is 37.6 Å². The van der Waals surface area contributed by atoms with Crippen molar-refractivity contribution in [2.75, 3.05) is 6.61 Å². The molecule has 0 saturated carbocycles. The van der Waals surface area contributed by atoms with Crippen molar-refractivity contribution < 1.29 is 34.2 Å². The molecule has 1 heterocycles. The summed E-state index contributed by atoms with van der Waals surface area (Å²) in [6.07, 6.45) is -1.79. The number of primary amides is 1. The van der Waals surface area contributed by atoms with Gasteiger partial charge in [-0.15, -0.1) is 0 Å². The fourth-order valence-corrected chi connectivity index (χ4v) is 1.75. The first-order chi connectivity index (χ1) is 11.6. The van der Waals surface area contributed by atoms with Gasteiger partial charge in [0.1, 0.15) is 6.04 Å². The van der Waals surface area contributed by atoms with Crippen LogP contribution in [0.4, 0.5) is 4.79 Å². The van der Waals surface area contributed by atoms with Gasteiger partial charge in [0.25, 0.3) is 0 Å². The molecule has 0 aromatic carbocycles. The summed E-state index contributed by atoms with van der Waals surface area (Å²) in [6.45, 7) is 0.725. The molecule has 0 unspecified atom stereocenters. The maximum Gasteiger partial charge on any atom is 0.328 e. The third-order valence-electron chi connectivity index (χ3n) is 3.03. The van der Waals surface area contributed by atoms with Crippen LogP contribution in [0.25, 0.3) is 0 Å². The van der Waals surface area contributed by atoms with Crippen molar-refractivity contribution in [1.29, 1.82) is 0 Å². The normalized spacial score (nSPS) is 15.7. The van der Waals surface area contributed by atoms with Crippen LogP contribution in [0.5, 0.6) is 0 Å². The quantitative estimate of drug-likeness (QED) is 0.238. The molecule has 9 N–H and O–H groups in total. The maximum atomic E-state index is 11.9. The molecule has 3 amide bonds. The van der Waals surface area contributed by atoms with E-state index in [4.69, 9.17) is 26.2 Å². The van der Waals surface area contributed by atoms with Crippen molar-refractivity contribution in [3.8, 4) is 0 Å². The zero-order valence-corrected chi connectivity index (χ0v) is 13.2. The van der Waals surface area contributed by atoms with Gasteiger partial charge in [0.15, 0.2) is 11.9 Å². The first-order valence-corrected chi connectivity index (χ1v) is 7.11. The molecule has 13 heteroatoms. The van der Waals surface area contributed by atoms with Gasteiger partial charge in [-0.1, -0.05) is 5.16 Å². The van der Waals surface area contributed by atoms with Crippen LogP contribution < -0.4 is 22.1 Å². The fourth-order valence-electron chi connectivity index (χ4n) is 1.75. The van der Waals surface area contributed by atoms with E-state index < -0.39 is 55.2 Å². The maximum absolute atomic E-state index is 11.9. The van der Waals surface area contributed by atoms with E-state index in [1.807, 2.05) is 5.32 Å². The summed E-state index contributed by atoms with van der Waals surface area (Å²) >= 11 is 0. The van der Waals surface area contributed by atoms with Gasteiger partial charge in [-0.2, -0.15) is 4.98 Å². The van der Waals surface area contributed by atoms with Gasteiger partial charge in [-0.05, 0) is 6.92 Å². The van der Waals surface area contributed by atoms with Gasteiger partial charge in [-0.3, -0.25) is 4.79 Å². The minimum absolute atomic E-state index is 0.0541. The Morgan fingerprint density at radius 2 is 1.96 bits per heavy atom. The van der Waals surface area contributed by atoms with E-state index in [0.717, 1.165) is 0 Å². The van der Waals surface area contributed by atoms with Crippen LogP contribution >= 0.6 is 0 Å². The average molecular weight is 360 g/mol. The van der Waals surface area contributed by atoms with Crippen LogP contribution in [0, 0.1) is 0 Å². The minimum atomic E-state index is -1.57. The van der Waals surface area contributed by atoms with E-state index >= 15 is 0 Å². The number of urea groups is 1. The standard InChI is InChI=1S/C12H20N6O7/c1-4(20)8(11(22)23)16-12(24)15-6(2-7(14)21)10-17-9(18-25-10)5(13)3-19/h4-6,8,19-20H,2-3,13H2,1H3,(H2,14,21)(H,22,23)(H2,15,16,24)/t4-,5+,6+,8+/m1/s1. The van der Waals surface area contributed by atoms with Crippen LogP contribution in [0.15, 0.2) is 4.52 Å². The van der Waals surface area contributed by atoms with Crippen molar-refractivity contribution in [3.63, 3.8) is 0 Å². The smallest absolute Gasteiger partial charge is 0.328 e. The fraction of sp³-hybridized carbons (Fsp3) is 0.583. The summed E-state index contributed by atoms with van der Waals surface area (Å²) in [7, 11) is 0. The molecule has 4 atom stereocenters. The van der Waals surface area contributed by atoms with Crippen molar-refractivity contribution in [2.24, 2.45) is 11.5 Å². The van der Waals surface area contributed by atoms with Crippen LogP contribution in [-0.4, -0.2) is 62.1 Å². The number of carbonyl (C=O) groups excluding carboxylic acids is 2. The highest BCUT2D eigenvalue weighted by Gasteiger charge is 2.29. The lowest BCUT2D eigenvalue weighted by Gasteiger charge is -2.19. The molecule has 0 bridgehead atoms. The number of hydrogen-bond donors (Lipinski definition) is 7. The van der Waals surface area contributed by atoms with Crippen LogP contribution in [0.3, 0.4) is 0 Å². The number of carboxylic acid groups (broad SMARTS) is 1. The summed E-state index contributed by atoms with van der Waals surface area (Å²) in [6, 6.07) is -4.67. The Kier molecular flexibility index (Phi) is 7.22. The van der Waals surface area contributed by atoms with E-state index in [9.17, 15) is 19.5 Å². The molecular formula is C12H20N6O7. The van der Waals surface area contributed by atoms with Gasteiger partial charge in [-0.25, -0.2) is 9.59 Å². The molecule has 1 aromatic rings. The highest BCUT2D eigenvalue weighted by Crippen LogP contribution is 2.16. The number of nitrogens with zero attached hydrogens (tertiary/aromatic N) is 2. The molecule has 0 aliphatic heterocycles. The number of aliphatic hydroxyl groups is 2. The van der Waals surface area contributed by atoms with E-state index in [1.54, 1.807) is 0 Å². The van der Waals surface area contributed by atoms with Crippen LogP contribution in [0.2, 0.25) is 0 Å². The first kappa shape index (κ1) is 20.3. The van der Waals surface area contributed by atoms with E-state index in [2.05, 4.69) is 15.5 Å². The van der Waals surface area contributed by atoms with E-state index in [1.165, 1.54) is 6.92 Å². The molecule has 0 radical (unpaired) electrons. The predicted molar refractivity (Wildman–Crippen MR) is 79.6 cm³/mol. The number of aromatic nitrogens is 2. The predicted octanol–water partition coefficient (Wildman–Crippen LogP) is -2.89. The lowest BCUT2D eigenvalue weighted by atomic mass is 10.2. The Hall–Kier alpha value is -2.77. The first-order valence-electron chi connectivity index (χ1n) is 7.11. The Morgan fingerprint density at radius 3 is 2.44 bits per heavy atom. The number of nitrogens with two attached hydrogens (primary N) is 2. The van der Waals surface area contributed by atoms with Crippen LogP contribution in [0.1, 0.15) is 37.1 Å². The van der Waals surface area contributed by atoms with Gasteiger partial charge in [0.2, 0.25) is 11.8 Å². The molecular weight excluding hydrogens is 340 g/mol. The number of aliphatic hydroxyl groups excluding tert-OH is 2. The van der Waals surface area contributed by atoms with Crippen molar-refractivity contribution in [3.05, 3.63) is 11.7 Å². The van der Waals surface area contributed by atoms with Crippen LogP contribution in [-0.2, 0) is 9.59 Å². The van der Waals surface area contributed by atoms with E-state index in [0.29, 0.717) is 0 Å². The molecule has 0 spiro atoms. The SMILES string of the molecule is C[C@@H](O)[C@H](NC(=O)N[C@@H](CC(N)=O)c1nc([C@@H](N)CO)no1)C(=O)O. The molecule has 0 aliphatic carbocycles. The molecule has 13 nitrogen and oxygen atoms in total. The zero-order valence-electron chi connectivity index (χ0n) is 13.2. The summed E-state index contributed by atoms with van der Waals surface area (Å²) in [5.41, 5.74) is 10.6. The Labute approximate surface area is 141 Å². The number of nitrogens with one attached hydrogen (secondary N) is 2. The molecule has 0 aliphatic rings. The minimum Gasteiger partial charge on any atom is -0.480 e. The lowest BCUT2D eigenvalue weighted by Crippen LogP contribution is -2.52. The highest BCUT2D eigenvalue weighted by atomic mass is 16.5. The Morgan fingerprint density at radius 1 is 1.32 bits per heavy atom. The number of carboxylic acids is 1. The topological polar surface area (TPSA) is 227 Å². The van der Waals surface area contributed by atoms with Gasteiger partial charge in [0.05, 0.1) is 25.2 Å². The van der Waals surface area contributed by atoms with Gasteiger partial charge in [0, 0.05) is 0 Å². The summed E-state index contributed by atoms with van der Waals surface area (Å²) in [5, 5.41) is 35.0. The van der Waals surface area contributed by atoms with E-state index in [-0.39, 0.29) is 11.7 Å². The lowest BCUT2D eigenvalue weighted by molar-refractivity contribution is -0.141. The van der Waals surface area contributed by atoms with Crippen molar-refractivity contribution >= 4 is 17.9 Å². The number of aliphatic carboxylic acids is 1. The third kappa shape index (κ3) is 5.98. The second-order valence-electron chi connectivity index (χ2n) is 5.18. The average Bonchev–Trinajstić information content (AvgIpc) is 3.00. The van der Waals surface area contributed by atoms with Gasteiger partial charge >= 0.3 is 12.0 Å².